The van der Waals surface area contributed by atoms with Gasteiger partial charge < -0.3 is 4.57 Å². The van der Waals surface area contributed by atoms with Crippen LogP contribution in [0, 0.1) is 5.92 Å². The monoisotopic (exact) mass is 404 g/mol. The lowest BCUT2D eigenvalue weighted by Crippen LogP contribution is -2.09. The van der Waals surface area contributed by atoms with Gasteiger partial charge in [-0.25, -0.2) is 4.98 Å². The highest BCUT2D eigenvalue weighted by atomic mass is 15.1. The number of hydrogen-bond acceptors (Lipinski definition) is 1. The smallest absolute Gasteiger partial charge is 0.117 e. The third kappa shape index (κ3) is 5.97. The number of aromatic nitrogens is 2. The molecule has 0 spiro atoms. The second kappa shape index (κ2) is 11.3. The molecule has 0 radical (unpaired) electrons. The SMILES string of the molecule is CCCCCCCCCn1c(C(C)c2ccc(CC(C)C)cc2)nc2ccccc21. The third-order valence-corrected chi connectivity index (χ3v) is 6.18. The zero-order chi connectivity index (χ0) is 21.3. The minimum Gasteiger partial charge on any atom is -0.327 e. The molecule has 1 unspecified atom stereocenters. The fourth-order valence-corrected chi connectivity index (χ4v) is 4.45. The molecular weight excluding hydrogens is 364 g/mol. The van der Waals surface area contributed by atoms with Crippen LogP contribution >= 0.6 is 0 Å². The van der Waals surface area contributed by atoms with Gasteiger partial charge in [0, 0.05) is 12.5 Å². The molecule has 0 saturated carbocycles. The summed E-state index contributed by atoms with van der Waals surface area (Å²) in [6, 6.07) is 17.8. The van der Waals surface area contributed by atoms with E-state index in [1.165, 1.54) is 67.4 Å². The molecule has 0 bridgehead atoms. The molecule has 3 rings (SSSR count). The van der Waals surface area contributed by atoms with Crippen molar-refractivity contribution in [2.24, 2.45) is 5.92 Å². The molecule has 30 heavy (non-hydrogen) atoms. The van der Waals surface area contributed by atoms with Crippen molar-refractivity contribution < 1.29 is 0 Å². The molecule has 0 amide bonds. The molecule has 1 aromatic heterocycles. The molecule has 0 aliphatic rings. The van der Waals surface area contributed by atoms with E-state index in [-0.39, 0.29) is 0 Å². The number of hydrogen-bond donors (Lipinski definition) is 0. The van der Waals surface area contributed by atoms with Gasteiger partial charge in [-0.1, -0.05) is 103 Å². The van der Waals surface area contributed by atoms with Crippen LogP contribution in [0.3, 0.4) is 0 Å². The first-order valence-electron chi connectivity index (χ1n) is 12.1. The summed E-state index contributed by atoms with van der Waals surface area (Å²) in [4.78, 5) is 5.06. The standard InChI is InChI=1S/C28H40N2/c1-5-6-7-8-9-10-13-20-30-27-15-12-11-14-26(27)29-28(30)23(4)25-18-16-24(17-19-25)21-22(2)3/h11-12,14-19,22-23H,5-10,13,20-21H2,1-4H3. The van der Waals surface area contributed by atoms with Crippen LogP contribution in [0.25, 0.3) is 11.0 Å². The van der Waals surface area contributed by atoms with Gasteiger partial charge in [-0.2, -0.15) is 0 Å². The molecule has 0 aliphatic carbocycles. The van der Waals surface area contributed by atoms with Gasteiger partial charge in [-0.3, -0.25) is 0 Å². The van der Waals surface area contributed by atoms with Crippen LogP contribution in [0.15, 0.2) is 48.5 Å². The zero-order valence-corrected chi connectivity index (χ0v) is 19.5. The maximum absolute atomic E-state index is 5.06. The molecule has 1 heterocycles. The van der Waals surface area contributed by atoms with Gasteiger partial charge in [0.25, 0.3) is 0 Å². The highest BCUT2D eigenvalue weighted by Gasteiger charge is 2.18. The number of nitrogens with zero attached hydrogens (tertiary/aromatic N) is 2. The number of rotatable bonds is 12. The van der Waals surface area contributed by atoms with Crippen molar-refractivity contribution in [1.82, 2.24) is 9.55 Å². The lowest BCUT2D eigenvalue weighted by molar-refractivity contribution is 0.542. The Hall–Kier alpha value is -2.09. The Bertz CT molecular complexity index is 889. The van der Waals surface area contributed by atoms with Crippen LogP contribution in [-0.4, -0.2) is 9.55 Å². The van der Waals surface area contributed by atoms with Crippen LogP contribution < -0.4 is 0 Å². The highest BCUT2D eigenvalue weighted by Crippen LogP contribution is 2.28. The number of benzene rings is 2. The average molecular weight is 405 g/mol. The maximum atomic E-state index is 5.06. The first kappa shape index (κ1) is 22.6. The van der Waals surface area contributed by atoms with Crippen molar-refractivity contribution in [2.75, 3.05) is 0 Å². The minimum absolute atomic E-state index is 0.301. The van der Waals surface area contributed by atoms with Gasteiger partial charge in [0.15, 0.2) is 0 Å². The number of para-hydroxylation sites is 2. The van der Waals surface area contributed by atoms with E-state index >= 15 is 0 Å². The Labute approximate surface area is 183 Å². The molecule has 2 aromatic carbocycles. The van der Waals surface area contributed by atoms with Gasteiger partial charge in [-0.15, -0.1) is 0 Å². The molecule has 0 saturated heterocycles. The van der Waals surface area contributed by atoms with Gasteiger partial charge in [0.1, 0.15) is 5.82 Å². The zero-order valence-electron chi connectivity index (χ0n) is 19.5. The Kier molecular flexibility index (Phi) is 8.54. The van der Waals surface area contributed by atoms with Crippen LogP contribution in [0.1, 0.15) is 95.5 Å². The van der Waals surface area contributed by atoms with E-state index in [4.69, 9.17) is 4.98 Å². The second-order valence-corrected chi connectivity index (χ2v) is 9.29. The number of imidazole rings is 1. The largest absolute Gasteiger partial charge is 0.327 e. The maximum Gasteiger partial charge on any atom is 0.117 e. The molecular formula is C28H40N2. The summed E-state index contributed by atoms with van der Waals surface area (Å²) in [7, 11) is 0. The topological polar surface area (TPSA) is 17.8 Å². The summed E-state index contributed by atoms with van der Waals surface area (Å²) in [6.07, 6.45) is 10.5. The lowest BCUT2D eigenvalue weighted by Gasteiger charge is -2.16. The first-order valence-corrected chi connectivity index (χ1v) is 12.1. The number of fused-ring (bicyclic) bond motifs is 1. The van der Waals surface area contributed by atoms with Crippen LogP contribution in [-0.2, 0) is 13.0 Å². The fourth-order valence-electron chi connectivity index (χ4n) is 4.45. The third-order valence-electron chi connectivity index (χ3n) is 6.18. The quantitative estimate of drug-likeness (QED) is 0.279. The predicted octanol–water partition coefficient (Wildman–Crippen LogP) is 8.14. The van der Waals surface area contributed by atoms with Crippen molar-refractivity contribution in [3.05, 3.63) is 65.5 Å². The first-order chi connectivity index (χ1) is 14.6. The summed E-state index contributed by atoms with van der Waals surface area (Å²) in [5.41, 5.74) is 5.19. The molecule has 3 aromatic rings. The van der Waals surface area contributed by atoms with Gasteiger partial charge in [0.05, 0.1) is 11.0 Å². The Morgan fingerprint density at radius 2 is 1.47 bits per heavy atom. The van der Waals surface area contributed by atoms with Crippen LogP contribution in [0.2, 0.25) is 0 Å². The second-order valence-electron chi connectivity index (χ2n) is 9.29. The summed E-state index contributed by atoms with van der Waals surface area (Å²) >= 11 is 0. The summed E-state index contributed by atoms with van der Waals surface area (Å²) < 4.78 is 2.48. The van der Waals surface area contributed by atoms with E-state index in [0.29, 0.717) is 11.8 Å². The predicted molar refractivity (Wildman–Crippen MR) is 130 cm³/mol. The van der Waals surface area contributed by atoms with Crippen molar-refractivity contribution in [3.8, 4) is 0 Å². The summed E-state index contributed by atoms with van der Waals surface area (Å²) in [6.45, 7) is 10.2. The van der Waals surface area contributed by atoms with E-state index in [1.54, 1.807) is 0 Å². The highest BCUT2D eigenvalue weighted by molar-refractivity contribution is 5.76. The van der Waals surface area contributed by atoms with E-state index in [1.807, 2.05) is 0 Å². The summed E-state index contributed by atoms with van der Waals surface area (Å²) in [5, 5.41) is 0. The molecule has 0 N–H and O–H groups in total. The Morgan fingerprint density at radius 3 is 2.17 bits per heavy atom. The van der Waals surface area contributed by atoms with Crippen LogP contribution in [0.5, 0.6) is 0 Å². The van der Waals surface area contributed by atoms with E-state index in [2.05, 4.69) is 80.8 Å². The van der Waals surface area contributed by atoms with Gasteiger partial charge >= 0.3 is 0 Å². The number of aryl methyl sites for hydroxylation is 1. The van der Waals surface area contributed by atoms with Gasteiger partial charge in [-0.05, 0) is 42.0 Å². The fraction of sp³-hybridized carbons (Fsp3) is 0.536. The normalized spacial score (nSPS) is 12.7. The lowest BCUT2D eigenvalue weighted by atomic mass is 9.96. The molecule has 2 nitrogen and oxygen atoms in total. The Balaban J connectivity index is 1.73. The van der Waals surface area contributed by atoms with Crippen molar-refractivity contribution in [3.63, 3.8) is 0 Å². The van der Waals surface area contributed by atoms with Crippen molar-refractivity contribution in [2.45, 2.75) is 91.5 Å². The molecule has 2 heteroatoms. The van der Waals surface area contributed by atoms with E-state index in [9.17, 15) is 0 Å². The Morgan fingerprint density at radius 1 is 0.800 bits per heavy atom. The molecule has 1 atom stereocenters. The van der Waals surface area contributed by atoms with Gasteiger partial charge in [0.2, 0.25) is 0 Å². The average Bonchev–Trinajstić information content (AvgIpc) is 3.11. The van der Waals surface area contributed by atoms with E-state index in [0.717, 1.165) is 18.5 Å². The molecule has 0 fully saturated rings. The summed E-state index contributed by atoms with van der Waals surface area (Å²) in [5.74, 6) is 2.20. The van der Waals surface area contributed by atoms with Crippen molar-refractivity contribution in [1.29, 1.82) is 0 Å². The van der Waals surface area contributed by atoms with E-state index < -0.39 is 0 Å². The van der Waals surface area contributed by atoms with Crippen LogP contribution in [0.4, 0.5) is 0 Å². The molecule has 162 valence electrons. The van der Waals surface area contributed by atoms with Crippen molar-refractivity contribution >= 4 is 11.0 Å². The molecule has 0 aliphatic heterocycles. The number of unbranched alkanes of at least 4 members (excludes halogenated alkanes) is 6. The minimum atomic E-state index is 0.301.